The number of aromatic nitrogens is 2. The second kappa shape index (κ2) is 9.20. The predicted molar refractivity (Wildman–Crippen MR) is 121 cm³/mol. The zero-order valence-corrected chi connectivity index (χ0v) is 18.9. The topological polar surface area (TPSA) is 114 Å². The maximum atomic E-state index is 13.7. The monoisotopic (exact) mass is 474 g/mol. The van der Waals surface area contributed by atoms with Gasteiger partial charge in [-0.3, -0.25) is 0 Å². The summed E-state index contributed by atoms with van der Waals surface area (Å²) in [6, 6.07) is 8.14. The molecular formula is C22H23FN4O5S. The van der Waals surface area contributed by atoms with Crippen LogP contribution in [-0.2, 0) is 14.9 Å². The molecule has 11 heteroatoms. The van der Waals surface area contributed by atoms with Gasteiger partial charge < -0.3 is 14.5 Å². The Kier molecular flexibility index (Phi) is 6.34. The number of pyridine rings is 1. The Morgan fingerprint density at radius 3 is 2.79 bits per heavy atom. The Balaban J connectivity index is 1.61. The molecule has 1 amide bonds. The number of hydrogen-bond acceptors (Lipinski definition) is 6. The Labute approximate surface area is 190 Å². The van der Waals surface area contributed by atoms with Gasteiger partial charge in [-0.25, -0.2) is 18.9 Å². The molecule has 2 aromatic heterocycles. The van der Waals surface area contributed by atoms with E-state index in [4.69, 9.17) is 4.74 Å². The molecule has 0 spiro atoms. The van der Waals surface area contributed by atoms with Crippen molar-refractivity contribution in [3.05, 3.63) is 54.1 Å². The molecule has 33 heavy (non-hydrogen) atoms. The molecule has 0 atom stereocenters. The van der Waals surface area contributed by atoms with Crippen LogP contribution in [0.5, 0.6) is 5.75 Å². The minimum absolute atomic E-state index is 0.0750. The number of aromatic amines is 1. The predicted octanol–water partition coefficient (Wildman–Crippen LogP) is 3.46. The first kappa shape index (κ1) is 22.7. The van der Waals surface area contributed by atoms with Crippen molar-refractivity contribution in [3.63, 3.8) is 0 Å². The molecule has 9 nitrogen and oxygen atoms in total. The number of nitrogens with zero attached hydrogens (tertiary/aromatic N) is 2. The second-order valence-corrected chi connectivity index (χ2v) is 8.98. The summed E-state index contributed by atoms with van der Waals surface area (Å²) < 4.78 is 51.5. The van der Waals surface area contributed by atoms with E-state index in [9.17, 15) is 17.6 Å². The molecule has 1 aliphatic heterocycles. The first-order chi connectivity index (χ1) is 15.8. The fourth-order valence-electron chi connectivity index (χ4n) is 3.77. The summed E-state index contributed by atoms with van der Waals surface area (Å²) in [5.74, 6) is 0.0250. The first-order valence-electron chi connectivity index (χ1n) is 10.3. The number of methoxy groups -OCH3 is 1. The zero-order chi connectivity index (χ0) is 23.6. The third-order valence-corrected chi connectivity index (χ3v) is 6.77. The summed E-state index contributed by atoms with van der Waals surface area (Å²) in [6.07, 6.45) is 2.88. The SMILES string of the molecule is CCOC(=O)NS(=O)(=O)N1CC=C(c2cc3c(-c4ccc(F)cc4OC)ccnc3[nH]2)CC1. The molecule has 1 aromatic carbocycles. The van der Waals surface area contributed by atoms with Gasteiger partial charge in [-0.05, 0) is 48.7 Å². The van der Waals surface area contributed by atoms with Gasteiger partial charge in [0.2, 0.25) is 0 Å². The van der Waals surface area contributed by atoms with Crippen molar-refractivity contribution in [1.29, 1.82) is 0 Å². The molecule has 0 aliphatic carbocycles. The van der Waals surface area contributed by atoms with Gasteiger partial charge in [0.05, 0.1) is 13.7 Å². The van der Waals surface area contributed by atoms with Crippen molar-refractivity contribution in [2.75, 3.05) is 26.8 Å². The standard InChI is InChI=1S/C22H23FN4O5S/c1-3-32-22(28)26-33(29,30)27-10-7-14(8-11-27)19-13-18-16(6-9-24-21(18)25-19)17-5-4-15(23)12-20(17)31-2/h4-7,9,12-13H,3,8,10-11H2,1-2H3,(H,24,25)(H,26,28). The van der Waals surface area contributed by atoms with Crippen LogP contribution >= 0.6 is 0 Å². The summed E-state index contributed by atoms with van der Waals surface area (Å²) in [6.45, 7) is 1.97. The fourth-order valence-corrected chi connectivity index (χ4v) is 4.77. The highest BCUT2D eigenvalue weighted by molar-refractivity contribution is 7.87. The second-order valence-electron chi connectivity index (χ2n) is 7.31. The number of amides is 1. The highest BCUT2D eigenvalue weighted by atomic mass is 32.2. The average molecular weight is 475 g/mol. The number of carbonyl (C=O) groups is 1. The molecule has 1 aliphatic rings. The molecule has 4 rings (SSSR count). The minimum atomic E-state index is -3.99. The number of rotatable bonds is 6. The van der Waals surface area contributed by atoms with Crippen LogP contribution in [0.1, 0.15) is 19.0 Å². The third-order valence-electron chi connectivity index (χ3n) is 5.33. The molecule has 0 radical (unpaired) electrons. The van der Waals surface area contributed by atoms with Crippen LogP contribution in [0.15, 0.2) is 42.6 Å². The molecule has 0 fully saturated rings. The Bertz CT molecular complexity index is 1340. The van der Waals surface area contributed by atoms with Gasteiger partial charge in [-0.2, -0.15) is 12.7 Å². The lowest BCUT2D eigenvalue weighted by molar-refractivity contribution is 0.158. The van der Waals surface area contributed by atoms with Gasteiger partial charge in [-0.1, -0.05) is 6.08 Å². The Hall–Kier alpha value is -3.44. The smallest absolute Gasteiger partial charge is 0.421 e. The summed E-state index contributed by atoms with van der Waals surface area (Å²) >= 11 is 0. The Morgan fingerprint density at radius 2 is 2.09 bits per heavy atom. The van der Waals surface area contributed by atoms with Gasteiger partial charge in [0.1, 0.15) is 17.2 Å². The molecule has 174 valence electrons. The van der Waals surface area contributed by atoms with Gasteiger partial charge in [-0.15, -0.1) is 0 Å². The lowest BCUT2D eigenvalue weighted by Crippen LogP contribution is -2.45. The van der Waals surface area contributed by atoms with E-state index in [1.54, 1.807) is 25.3 Å². The molecule has 3 aromatic rings. The van der Waals surface area contributed by atoms with Crippen molar-refractivity contribution >= 4 is 32.9 Å². The van der Waals surface area contributed by atoms with E-state index < -0.39 is 16.3 Å². The van der Waals surface area contributed by atoms with Crippen LogP contribution in [0.2, 0.25) is 0 Å². The van der Waals surface area contributed by atoms with Gasteiger partial charge in [0.15, 0.2) is 0 Å². The van der Waals surface area contributed by atoms with E-state index in [-0.39, 0.29) is 25.5 Å². The number of hydrogen-bond donors (Lipinski definition) is 2. The highest BCUT2D eigenvalue weighted by Crippen LogP contribution is 2.36. The lowest BCUT2D eigenvalue weighted by Gasteiger charge is -2.25. The molecular weight excluding hydrogens is 451 g/mol. The lowest BCUT2D eigenvalue weighted by atomic mass is 10.0. The van der Waals surface area contributed by atoms with Crippen molar-refractivity contribution in [3.8, 4) is 16.9 Å². The summed E-state index contributed by atoms with van der Waals surface area (Å²) in [7, 11) is -2.50. The van der Waals surface area contributed by atoms with E-state index in [0.717, 1.165) is 27.8 Å². The van der Waals surface area contributed by atoms with Crippen LogP contribution < -0.4 is 9.46 Å². The number of benzene rings is 1. The number of ether oxygens (including phenoxy) is 2. The van der Waals surface area contributed by atoms with E-state index >= 15 is 0 Å². The van der Waals surface area contributed by atoms with Crippen LogP contribution in [0.25, 0.3) is 27.7 Å². The van der Waals surface area contributed by atoms with Crippen LogP contribution in [0.4, 0.5) is 9.18 Å². The molecule has 2 N–H and O–H groups in total. The maximum Gasteiger partial charge on any atom is 0.421 e. The fraction of sp³-hybridized carbons (Fsp3) is 0.273. The van der Waals surface area contributed by atoms with Crippen molar-refractivity contribution < 1.29 is 27.1 Å². The third kappa shape index (κ3) is 4.69. The summed E-state index contributed by atoms with van der Waals surface area (Å²) in [5, 5.41) is 0.831. The van der Waals surface area contributed by atoms with Crippen molar-refractivity contribution in [2.24, 2.45) is 0 Å². The molecule has 0 unspecified atom stereocenters. The van der Waals surface area contributed by atoms with Gasteiger partial charge in [0.25, 0.3) is 0 Å². The van der Waals surface area contributed by atoms with Crippen molar-refractivity contribution in [1.82, 2.24) is 19.0 Å². The van der Waals surface area contributed by atoms with Crippen LogP contribution in [-0.4, -0.2) is 55.6 Å². The van der Waals surface area contributed by atoms with Crippen LogP contribution in [0, 0.1) is 5.82 Å². The average Bonchev–Trinajstić information content (AvgIpc) is 3.23. The summed E-state index contributed by atoms with van der Waals surface area (Å²) in [4.78, 5) is 19.2. The first-order valence-corrected chi connectivity index (χ1v) is 11.7. The zero-order valence-electron chi connectivity index (χ0n) is 18.1. The highest BCUT2D eigenvalue weighted by Gasteiger charge is 2.27. The quantitative estimate of drug-likeness (QED) is 0.566. The number of halogens is 1. The maximum absolute atomic E-state index is 13.7. The van der Waals surface area contributed by atoms with Crippen LogP contribution in [0.3, 0.4) is 0 Å². The van der Waals surface area contributed by atoms with Gasteiger partial charge in [0, 0.05) is 42.0 Å². The summed E-state index contributed by atoms with van der Waals surface area (Å²) in [5.41, 5.74) is 3.94. The minimum Gasteiger partial charge on any atom is -0.496 e. The normalized spacial score (nSPS) is 14.7. The molecule has 0 saturated carbocycles. The van der Waals surface area contributed by atoms with Crippen molar-refractivity contribution in [2.45, 2.75) is 13.3 Å². The number of carbonyl (C=O) groups excluding carboxylic acids is 1. The molecule has 3 heterocycles. The van der Waals surface area contributed by atoms with E-state index in [1.807, 2.05) is 16.9 Å². The molecule has 0 saturated heterocycles. The van der Waals surface area contributed by atoms with Gasteiger partial charge >= 0.3 is 16.3 Å². The number of nitrogens with one attached hydrogen (secondary N) is 2. The number of fused-ring (bicyclic) bond motifs is 1. The number of H-pyrrole nitrogens is 1. The Morgan fingerprint density at radius 1 is 1.27 bits per heavy atom. The van der Waals surface area contributed by atoms with E-state index in [2.05, 4.69) is 14.7 Å². The van der Waals surface area contributed by atoms with E-state index in [0.29, 0.717) is 17.8 Å². The largest absolute Gasteiger partial charge is 0.496 e. The van der Waals surface area contributed by atoms with E-state index in [1.165, 1.54) is 23.5 Å². The molecule has 0 bridgehead atoms.